The van der Waals surface area contributed by atoms with Crippen LogP contribution in [-0.4, -0.2) is 48.0 Å². The van der Waals surface area contributed by atoms with Crippen LogP contribution in [0.1, 0.15) is 32.8 Å². The largest absolute Gasteiger partial charge is 0.445 e. The summed E-state index contributed by atoms with van der Waals surface area (Å²) in [5.74, 6) is -1.76. The molecule has 1 heterocycles. The van der Waals surface area contributed by atoms with Crippen molar-refractivity contribution < 1.29 is 32.2 Å². The Balaban J connectivity index is 2.01. The molecule has 6 nitrogen and oxygen atoms in total. The first-order chi connectivity index (χ1) is 12.9. The van der Waals surface area contributed by atoms with E-state index in [1.165, 1.54) is 0 Å². The van der Waals surface area contributed by atoms with Gasteiger partial charge in [0.25, 0.3) is 0 Å². The van der Waals surface area contributed by atoms with Gasteiger partial charge in [0.1, 0.15) is 12.2 Å². The van der Waals surface area contributed by atoms with E-state index in [9.17, 15) is 22.8 Å². The van der Waals surface area contributed by atoms with Crippen LogP contribution in [0.2, 0.25) is 0 Å². The zero-order valence-corrected chi connectivity index (χ0v) is 16.1. The van der Waals surface area contributed by atoms with Crippen molar-refractivity contribution in [3.63, 3.8) is 0 Å². The van der Waals surface area contributed by atoms with Gasteiger partial charge in [-0.3, -0.25) is 0 Å². The minimum atomic E-state index is -4.49. The second kappa shape index (κ2) is 8.70. The minimum Gasteiger partial charge on any atom is -0.445 e. The zero-order chi connectivity index (χ0) is 20.9. The number of ether oxygens (including phenoxy) is 2. The number of amides is 2. The molecule has 0 spiro atoms. The van der Waals surface area contributed by atoms with Crippen LogP contribution in [-0.2, 0) is 16.1 Å². The Labute approximate surface area is 162 Å². The normalized spacial score (nSPS) is 20.4. The van der Waals surface area contributed by atoms with Gasteiger partial charge in [-0.15, -0.1) is 0 Å². The van der Waals surface area contributed by atoms with E-state index in [1.54, 1.807) is 51.1 Å². The van der Waals surface area contributed by atoms with E-state index in [-0.39, 0.29) is 19.6 Å². The van der Waals surface area contributed by atoms with Crippen molar-refractivity contribution in [2.75, 3.05) is 13.1 Å². The second-order valence-electron chi connectivity index (χ2n) is 7.76. The van der Waals surface area contributed by atoms with E-state index in [0.29, 0.717) is 0 Å². The highest BCUT2D eigenvalue weighted by atomic mass is 19.4. The maximum Gasteiger partial charge on any atom is 0.410 e. The molecular formula is C19H25F3N2O4. The molecule has 28 heavy (non-hydrogen) atoms. The summed E-state index contributed by atoms with van der Waals surface area (Å²) in [6, 6.07) is 7.94. The first-order valence-electron chi connectivity index (χ1n) is 8.96. The number of halogens is 3. The molecule has 1 saturated heterocycles. The van der Waals surface area contributed by atoms with Crippen molar-refractivity contribution in [1.82, 2.24) is 10.2 Å². The molecule has 2 atom stereocenters. The molecule has 2 rings (SSSR count). The number of piperidine rings is 1. The number of alkyl halides is 3. The smallest absolute Gasteiger partial charge is 0.410 e. The average Bonchev–Trinajstić information content (AvgIpc) is 2.57. The van der Waals surface area contributed by atoms with Crippen molar-refractivity contribution in [1.29, 1.82) is 0 Å². The van der Waals surface area contributed by atoms with Gasteiger partial charge in [-0.25, -0.2) is 9.59 Å². The maximum atomic E-state index is 13.3. The van der Waals surface area contributed by atoms with Crippen molar-refractivity contribution in [3.05, 3.63) is 35.9 Å². The molecule has 1 N–H and O–H groups in total. The highest BCUT2D eigenvalue weighted by Crippen LogP contribution is 2.33. The number of alkyl carbamates (subject to hydrolysis) is 1. The van der Waals surface area contributed by atoms with Crippen LogP contribution in [0.25, 0.3) is 0 Å². The summed E-state index contributed by atoms with van der Waals surface area (Å²) in [5, 5.41) is 2.43. The van der Waals surface area contributed by atoms with Crippen LogP contribution in [0.5, 0.6) is 0 Å². The molecule has 1 fully saturated rings. The predicted octanol–water partition coefficient (Wildman–Crippen LogP) is 4.10. The summed E-state index contributed by atoms with van der Waals surface area (Å²) < 4.78 is 50.1. The minimum absolute atomic E-state index is 0.0446. The number of rotatable bonds is 3. The summed E-state index contributed by atoms with van der Waals surface area (Å²) in [7, 11) is 0. The lowest BCUT2D eigenvalue weighted by Gasteiger charge is -2.38. The lowest BCUT2D eigenvalue weighted by Crippen LogP contribution is -2.55. The Kier molecular flexibility index (Phi) is 6.79. The van der Waals surface area contributed by atoms with Crippen LogP contribution in [0.3, 0.4) is 0 Å². The predicted molar refractivity (Wildman–Crippen MR) is 95.5 cm³/mol. The quantitative estimate of drug-likeness (QED) is 0.827. The fourth-order valence-electron chi connectivity index (χ4n) is 2.87. The van der Waals surface area contributed by atoms with Crippen molar-refractivity contribution in [2.45, 2.75) is 51.6 Å². The number of carbonyl (C=O) groups is 2. The molecule has 156 valence electrons. The summed E-state index contributed by atoms with van der Waals surface area (Å²) in [4.78, 5) is 25.2. The van der Waals surface area contributed by atoms with E-state index < -0.39 is 42.5 Å². The second-order valence-corrected chi connectivity index (χ2v) is 7.76. The van der Waals surface area contributed by atoms with E-state index >= 15 is 0 Å². The van der Waals surface area contributed by atoms with Crippen LogP contribution in [0.15, 0.2) is 30.3 Å². The molecule has 0 radical (unpaired) electrons. The van der Waals surface area contributed by atoms with Gasteiger partial charge in [0.05, 0.1) is 12.0 Å². The van der Waals surface area contributed by atoms with Crippen LogP contribution in [0.4, 0.5) is 22.8 Å². The Morgan fingerprint density at radius 1 is 1.14 bits per heavy atom. The van der Waals surface area contributed by atoms with Gasteiger partial charge in [-0.05, 0) is 32.8 Å². The highest BCUT2D eigenvalue weighted by Gasteiger charge is 2.46. The van der Waals surface area contributed by atoms with Gasteiger partial charge in [-0.1, -0.05) is 30.3 Å². The molecule has 2 amide bonds. The monoisotopic (exact) mass is 402 g/mol. The summed E-state index contributed by atoms with van der Waals surface area (Å²) >= 11 is 0. The molecule has 0 aliphatic carbocycles. The molecule has 1 aliphatic rings. The van der Waals surface area contributed by atoms with Gasteiger partial charge in [-0.2, -0.15) is 13.2 Å². The number of nitrogens with one attached hydrogen (secondary N) is 1. The molecule has 1 aromatic rings. The lowest BCUT2D eigenvalue weighted by atomic mass is 9.94. The number of carbonyl (C=O) groups excluding carboxylic acids is 2. The Hall–Kier alpha value is -2.45. The lowest BCUT2D eigenvalue weighted by molar-refractivity contribution is -0.187. The number of nitrogens with zero attached hydrogens (tertiary/aromatic N) is 1. The van der Waals surface area contributed by atoms with Crippen molar-refractivity contribution in [2.24, 2.45) is 5.92 Å². The number of likely N-dealkylation sites (tertiary alicyclic amines) is 1. The van der Waals surface area contributed by atoms with E-state index in [0.717, 1.165) is 10.5 Å². The third-order valence-electron chi connectivity index (χ3n) is 4.10. The topological polar surface area (TPSA) is 67.9 Å². The van der Waals surface area contributed by atoms with E-state index in [1.807, 2.05) is 0 Å². The third-order valence-corrected chi connectivity index (χ3v) is 4.10. The zero-order valence-electron chi connectivity index (χ0n) is 16.1. The molecule has 1 aromatic carbocycles. The van der Waals surface area contributed by atoms with E-state index in [2.05, 4.69) is 5.32 Å². The Bertz CT molecular complexity index is 674. The number of benzene rings is 1. The van der Waals surface area contributed by atoms with Gasteiger partial charge >= 0.3 is 18.4 Å². The van der Waals surface area contributed by atoms with Gasteiger partial charge in [0, 0.05) is 13.1 Å². The molecular weight excluding hydrogens is 377 g/mol. The first kappa shape index (κ1) is 21.8. The number of hydrogen-bond acceptors (Lipinski definition) is 4. The summed E-state index contributed by atoms with van der Waals surface area (Å²) in [6.45, 7) is 4.32. The van der Waals surface area contributed by atoms with Gasteiger partial charge in [0.15, 0.2) is 0 Å². The first-order valence-corrected chi connectivity index (χ1v) is 8.96. The van der Waals surface area contributed by atoms with Crippen molar-refractivity contribution >= 4 is 12.2 Å². The molecule has 0 bridgehead atoms. The number of hydrogen-bond donors (Lipinski definition) is 1. The summed E-state index contributed by atoms with van der Waals surface area (Å²) in [6.07, 6.45) is -6.50. The van der Waals surface area contributed by atoms with E-state index in [4.69, 9.17) is 9.47 Å². The molecule has 2 unspecified atom stereocenters. The fraction of sp³-hybridized carbons (Fsp3) is 0.579. The van der Waals surface area contributed by atoms with Gasteiger partial charge in [0.2, 0.25) is 0 Å². The van der Waals surface area contributed by atoms with Crippen LogP contribution < -0.4 is 5.32 Å². The Morgan fingerprint density at radius 3 is 2.36 bits per heavy atom. The molecule has 1 aliphatic heterocycles. The fourth-order valence-corrected chi connectivity index (χ4v) is 2.87. The third kappa shape index (κ3) is 6.94. The summed E-state index contributed by atoms with van der Waals surface area (Å²) in [5.41, 5.74) is -0.0557. The van der Waals surface area contributed by atoms with Crippen LogP contribution >= 0.6 is 0 Å². The maximum absolute atomic E-state index is 13.3. The highest BCUT2D eigenvalue weighted by molar-refractivity contribution is 5.69. The van der Waals surface area contributed by atoms with Crippen molar-refractivity contribution in [3.8, 4) is 0 Å². The average molecular weight is 402 g/mol. The Morgan fingerprint density at radius 2 is 1.79 bits per heavy atom. The van der Waals surface area contributed by atoms with Gasteiger partial charge < -0.3 is 19.7 Å². The standard InChI is InChI=1S/C19H25F3N2O4/c1-18(2,3)28-16(25)23-15-9-14(19(20,21)22)10-24(11-15)17(26)27-12-13-7-5-4-6-8-13/h4-8,14-15H,9-12H2,1-3H3,(H,23,25). The molecule has 9 heteroatoms. The van der Waals surface area contributed by atoms with Crippen LogP contribution in [0, 0.1) is 5.92 Å². The SMILES string of the molecule is CC(C)(C)OC(=O)NC1CC(C(F)(F)F)CN(C(=O)OCc2ccccc2)C1. The molecule has 0 aromatic heterocycles. The molecule has 0 saturated carbocycles.